The van der Waals surface area contributed by atoms with Crippen molar-refractivity contribution in [2.45, 2.75) is 0 Å². The van der Waals surface area contributed by atoms with Gasteiger partial charge in [-0.15, -0.1) is 0 Å². The number of nitrogens with one attached hydrogen (secondary N) is 2. The molecule has 0 unspecified atom stereocenters. The second-order valence-electron chi connectivity index (χ2n) is 3.50. The number of rotatable bonds is 2. The first kappa shape index (κ1) is 11.5. The molecule has 0 aliphatic carbocycles. The fraction of sp³-hybridized carbons (Fsp3) is 0.0769. The van der Waals surface area contributed by atoms with Crippen LogP contribution in [0.5, 0.6) is 0 Å². The maximum Gasteiger partial charge on any atom is 0.171 e. The van der Waals surface area contributed by atoms with Crippen molar-refractivity contribution in [1.29, 1.82) is 0 Å². The summed E-state index contributed by atoms with van der Waals surface area (Å²) in [5, 5.41) is 6.38. The molecule has 2 aromatic rings. The quantitative estimate of drug-likeness (QED) is 0.795. The van der Waals surface area contributed by atoms with E-state index in [-0.39, 0.29) is 0 Å². The molecule has 1 aromatic carbocycles. The number of hydrogen-bond acceptors (Lipinski definition) is 2. The molecular formula is C13H13N3S. The number of hydrogen-bond donors (Lipinski definition) is 2. The molecular weight excluding hydrogens is 230 g/mol. The first-order chi connectivity index (χ1) is 8.29. The van der Waals surface area contributed by atoms with Gasteiger partial charge in [0.25, 0.3) is 0 Å². The Bertz CT molecular complexity index is 494. The van der Waals surface area contributed by atoms with Crippen molar-refractivity contribution in [2.75, 3.05) is 12.4 Å². The van der Waals surface area contributed by atoms with E-state index in [4.69, 9.17) is 12.2 Å². The van der Waals surface area contributed by atoms with Gasteiger partial charge in [0.05, 0.1) is 0 Å². The highest BCUT2D eigenvalue weighted by atomic mass is 32.1. The lowest BCUT2D eigenvalue weighted by Crippen LogP contribution is -2.24. The van der Waals surface area contributed by atoms with Gasteiger partial charge in [0.2, 0.25) is 0 Å². The zero-order chi connectivity index (χ0) is 12.1. The van der Waals surface area contributed by atoms with Crippen molar-refractivity contribution in [3.63, 3.8) is 0 Å². The summed E-state index contributed by atoms with van der Waals surface area (Å²) in [4.78, 5) is 4.30. The Kier molecular flexibility index (Phi) is 3.67. The maximum atomic E-state index is 5.00. The van der Waals surface area contributed by atoms with E-state index in [2.05, 4.69) is 27.8 Å². The van der Waals surface area contributed by atoms with E-state index < -0.39 is 0 Å². The molecule has 0 amide bonds. The van der Waals surface area contributed by atoms with E-state index in [1.807, 2.05) is 36.5 Å². The topological polar surface area (TPSA) is 37.0 Å². The predicted molar refractivity (Wildman–Crippen MR) is 75.0 cm³/mol. The molecule has 2 rings (SSSR count). The molecule has 4 heteroatoms. The summed E-state index contributed by atoms with van der Waals surface area (Å²) in [7, 11) is 1.77. The number of anilines is 1. The third-order valence-electron chi connectivity index (χ3n) is 2.34. The average molecular weight is 243 g/mol. The maximum absolute atomic E-state index is 5.00. The van der Waals surface area contributed by atoms with Crippen LogP contribution in [-0.4, -0.2) is 17.1 Å². The standard InChI is InChI=1S/C13H13N3S/c1-14-13(17)16-12-8-7-11(9-15-12)10-5-3-2-4-6-10/h2-9H,1H3,(H2,14,15,16,17). The third kappa shape index (κ3) is 3.01. The molecule has 0 saturated heterocycles. The van der Waals surface area contributed by atoms with Crippen molar-refractivity contribution in [1.82, 2.24) is 10.3 Å². The summed E-state index contributed by atoms with van der Waals surface area (Å²) in [6, 6.07) is 14.1. The summed E-state index contributed by atoms with van der Waals surface area (Å²) in [5.41, 5.74) is 2.24. The first-order valence-corrected chi connectivity index (χ1v) is 5.70. The second-order valence-corrected chi connectivity index (χ2v) is 3.91. The fourth-order valence-corrected chi connectivity index (χ4v) is 1.55. The highest BCUT2D eigenvalue weighted by Gasteiger charge is 1.99. The SMILES string of the molecule is CNC(=S)Nc1ccc(-c2ccccc2)cn1. The Labute approximate surface area is 106 Å². The van der Waals surface area contributed by atoms with Crippen molar-refractivity contribution in [2.24, 2.45) is 0 Å². The van der Waals surface area contributed by atoms with Crippen molar-refractivity contribution in [3.05, 3.63) is 48.7 Å². The minimum Gasteiger partial charge on any atom is -0.365 e. The summed E-state index contributed by atoms with van der Waals surface area (Å²) >= 11 is 5.00. The van der Waals surface area contributed by atoms with Crippen LogP contribution >= 0.6 is 12.2 Å². The molecule has 0 saturated carbocycles. The lowest BCUT2D eigenvalue weighted by Gasteiger charge is -2.06. The van der Waals surface area contributed by atoms with Crippen molar-refractivity contribution < 1.29 is 0 Å². The van der Waals surface area contributed by atoms with Gasteiger partial charge in [-0.05, 0) is 29.9 Å². The zero-order valence-corrected chi connectivity index (χ0v) is 10.3. The molecule has 17 heavy (non-hydrogen) atoms. The molecule has 1 heterocycles. The van der Waals surface area contributed by atoms with Crippen LogP contribution in [0.3, 0.4) is 0 Å². The predicted octanol–water partition coefficient (Wildman–Crippen LogP) is 2.66. The monoisotopic (exact) mass is 243 g/mol. The summed E-state index contributed by atoms with van der Waals surface area (Å²) in [5.74, 6) is 0.740. The summed E-state index contributed by atoms with van der Waals surface area (Å²) < 4.78 is 0. The van der Waals surface area contributed by atoms with Crippen LogP contribution in [-0.2, 0) is 0 Å². The number of benzene rings is 1. The van der Waals surface area contributed by atoms with Crippen molar-refractivity contribution in [3.8, 4) is 11.1 Å². The van der Waals surface area contributed by atoms with Crippen LogP contribution in [0, 0.1) is 0 Å². The number of thiocarbonyl (C=S) groups is 1. The number of pyridine rings is 1. The highest BCUT2D eigenvalue weighted by Crippen LogP contribution is 2.18. The van der Waals surface area contributed by atoms with Crippen LogP contribution in [0.1, 0.15) is 0 Å². The molecule has 0 aliphatic heterocycles. The second kappa shape index (κ2) is 5.41. The van der Waals surface area contributed by atoms with Gasteiger partial charge in [-0.25, -0.2) is 4.98 Å². The molecule has 0 atom stereocenters. The number of nitrogens with zero attached hydrogens (tertiary/aromatic N) is 1. The van der Waals surface area contributed by atoms with E-state index in [0.29, 0.717) is 5.11 Å². The Morgan fingerprint density at radius 1 is 1.06 bits per heavy atom. The van der Waals surface area contributed by atoms with Crippen LogP contribution < -0.4 is 10.6 Å². The average Bonchev–Trinajstić information content (AvgIpc) is 2.40. The first-order valence-electron chi connectivity index (χ1n) is 5.30. The lowest BCUT2D eigenvalue weighted by atomic mass is 10.1. The Morgan fingerprint density at radius 3 is 2.41 bits per heavy atom. The van der Waals surface area contributed by atoms with Gasteiger partial charge in [0.15, 0.2) is 5.11 Å². The molecule has 86 valence electrons. The molecule has 1 aromatic heterocycles. The van der Waals surface area contributed by atoms with E-state index in [0.717, 1.165) is 16.9 Å². The zero-order valence-electron chi connectivity index (χ0n) is 9.47. The molecule has 0 spiro atoms. The van der Waals surface area contributed by atoms with Crippen molar-refractivity contribution >= 4 is 23.1 Å². The highest BCUT2D eigenvalue weighted by molar-refractivity contribution is 7.80. The van der Waals surface area contributed by atoms with Gasteiger partial charge in [-0.2, -0.15) is 0 Å². The van der Waals surface area contributed by atoms with Crippen LogP contribution in [0.25, 0.3) is 11.1 Å². The van der Waals surface area contributed by atoms with Crippen LogP contribution in [0.4, 0.5) is 5.82 Å². The van der Waals surface area contributed by atoms with Gasteiger partial charge in [0, 0.05) is 18.8 Å². The van der Waals surface area contributed by atoms with E-state index >= 15 is 0 Å². The summed E-state index contributed by atoms with van der Waals surface area (Å²) in [6.45, 7) is 0. The molecule has 0 radical (unpaired) electrons. The lowest BCUT2D eigenvalue weighted by molar-refractivity contribution is 1.18. The minimum atomic E-state index is 0.560. The molecule has 0 aliphatic rings. The largest absolute Gasteiger partial charge is 0.365 e. The Hall–Kier alpha value is -1.94. The van der Waals surface area contributed by atoms with E-state index in [1.54, 1.807) is 7.05 Å². The molecule has 3 nitrogen and oxygen atoms in total. The van der Waals surface area contributed by atoms with Crippen LogP contribution in [0.2, 0.25) is 0 Å². The smallest absolute Gasteiger partial charge is 0.171 e. The van der Waals surface area contributed by atoms with Gasteiger partial charge < -0.3 is 10.6 Å². The normalized spacial score (nSPS) is 9.71. The minimum absolute atomic E-state index is 0.560. The fourth-order valence-electron chi connectivity index (χ4n) is 1.45. The Morgan fingerprint density at radius 2 is 1.82 bits per heavy atom. The van der Waals surface area contributed by atoms with Gasteiger partial charge >= 0.3 is 0 Å². The van der Waals surface area contributed by atoms with E-state index in [1.165, 1.54) is 0 Å². The van der Waals surface area contributed by atoms with Gasteiger partial charge in [-0.1, -0.05) is 30.3 Å². The van der Waals surface area contributed by atoms with Gasteiger partial charge in [0.1, 0.15) is 5.82 Å². The van der Waals surface area contributed by atoms with Gasteiger partial charge in [-0.3, -0.25) is 0 Å². The number of aromatic nitrogens is 1. The molecule has 0 bridgehead atoms. The van der Waals surface area contributed by atoms with Crippen LogP contribution in [0.15, 0.2) is 48.7 Å². The third-order valence-corrected chi connectivity index (χ3v) is 2.65. The summed E-state index contributed by atoms with van der Waals surface area (Å²) in [6.07, 6.45) is 1.83. The molecule has 2 N–H and O–H groups in total. The Balaban J connectivity index is 2.16. The van der Waals surface area contributed by atoms with E-state index in [9.17, 15) is 0 Å². The molecule has 0 fully saturated rings.